The lowest BCUT2D eigenvalue weighted by molar-refractivity contribution is -0.199. The molecular weight excluding hydrogens is 205 g/mol. The SMILES string of the molecule is CC(=N\O)/C(C)=N/OC(=O)C(F)(F)F. The van der Waals surface area contributed by atoms with Crippen LogP contribution in [0.4, 0.5) is 13.2 Å². The molecule has 0 aromatic carbocycles. The van der Waals surface area contributed by atoms with E-state index in [1.54, 1.807) is 0 Å². The molecule has 5 nitrogen and oxygen atoms in total. The van der Waals surface area contributed by atoms with Crippen LogP contribution in [0.5, 0.6) is 0 Å². The number of carbonyl (C=O) groups excluding carboxylic acids is 1. The second kappa shape index (κ2) is 4.58. The van der Waals surface area contributed by atoms with E-state index in [1.807, 2.05) is 0 Å². The topological polar surface area (TPSA) is 71.2 Å². The van der Waals surface area contributed by atoms with Crippen LogP contribution in [0.25, 0.3) is 0 Å². The van der Waals surface area contributed by atoms with Crippen LogP contribution < -0.4 is 0 Å². The summed E-state index contributed by atoms with van der Waals surface area (Å²) in [5, 5.41) is 13.6. The van der Waals surface area contributed by atoms with Crippen LogP contribution in [0.2, 0.25) is 0 Å². The van der Waals surface area contributed by atoms with Gasteiger partial charge in [0.05, 0.1) is 0 Å². The van der Waals surface area contributed by atoms with Crippen LogP contribution >= 0.6 is 0 Å². The summed E-state index contributed by atoms with van der Waals surface area (Å²) < 4.78 is 34.7. The van der Waals surface area contributed by atoms with Crippen LogP contribution in [0.3, 0.4) is 0 Å². The standard InChI is InChI=1S/C6H7F3N2O3/c1-3(10-13)4(2)11-14-5(12)6(7,8)9/h13H,1-2H3/b10-3+,11-4+. The van der Waals surface area contributed by atoms with Gasteiger partial charge in [-0.15, -0.1) is 0 Å². The van der Waals surface area contributed by atoms with Crippen molar-refractivity contribution in [3.63, 3.8) is 0 Å². The number of rotatable bonds is 2. The Labute approximate surface area is 76.8 Å². The summed E-state index contributed by atoms with van der Waals surface area (Å²) in [4.78, 5) is 13.6. The Morgan fingerprint density at radius 3 is 2.14 bits per heavy atom. The van der Waals surface area contributed by atoms with Gasteiger partial charge in [-0.3, -0.25) is 0 Å². The first kappa shape index (κ1) is 12.4. The maximum absolute atomic E-state index is 11.6. The van der Waals surface area contributed by atoms with Crippen LogP contribution in [0.1, 0.15) is 13.8 Å². The molecule has 0 atom stereocenters. The average molecular weight is 212 g/mol. The highest BCUT2D eigenvalue weighted by Crippen LogP contribution is 2.16. The molecule has 80 valence electrons. The van der Waals surface area contributed by atoms with Gasteiger partial charge < -0.3 is 10.0 Å². The molecule has 0 aliphatic carbocycles. The summed E-state index contributed by atoms with van der Waals surface area (Å²) in [7, 11) is 0. The van der Waals surface area contributed by atoms with Crippen LogP contribution in [0.15, 0.2) is 10.3 Å². The Morgan fingerprint density at radius 2 is 1.79 bits per heavy atom. The number of hydrogen-bond donors (Lipinski definition) is 1. The highest BCUT2D eigenvalue weighted by molar-refractivity contribution is 6.40. The number of hydrogen-bond acceptors (Lipinski definition) is 5. The van der Waals surface area contributed by atoms with Gasteiger partial charge in [-0.25, -0.2) is 4.79 Å². The molecule has 0 amide bonds. The van der Waals surface area contributed by atoms with Gasteiger partial charge in [0.2, 0.25) is 0 Å². The van der Waals surface area contributed by atoms with Crippen LogP contribution in [0, 0.1) is 0 Å². The third kappa shape index (κ3) is 3.87. The molecule has 0 fully saturated rings. The normalized spacial score (nSPS) is 14.1. The third-order valence-electron chi connectivity index (χ3n) is 1.17. The van der Waals surface area contributed by atoms with E-state index in [9.17, 15) is 18.0 Å². The van der Waals surface area contributed by atoms with Gasteiger partial charge in [-0.1, -0.05) is 10.3 Å². The molecule has 0 saturated carbocycles. The van der Waals surface area contributed by atoms with Crippen LogP contribution in [-0.4, -0.2) is 28.8 Å². The smallest absolute Gasteiger partial charge is 0.411 e. The molecule has 0 rings (SSSR count). The molecule has 1 N–H and O–H groups in total. The minimum absolute atomic E-state index is 0.0556. The molecule has 0 aliphatic heterocycles. The van der Waals surface area contributed by atoms with Gasteiger partial charge in [-0.2, -0.15) is 13.2 Å². The molecule has 8 heteroatoms. The molecule has 0 heterocycles. The zero-order valence-corrected chi connectivity index (χ0v) is 7.29. The lowest BCUT2D eigenvalue weighted by Gasteiger charge is -2.01. The fourth-order valence-corrected chi connectivity index (χ4v) is 0.300. The molecule has 0 aliphatic rings. The van der Waals surface area contributed by atoms with E-state index in [4.69, 9.17) is 5.21 Å². The summed E-state index contributed by atoms with van der Waals surface area (Å²) in [6.45, 7) is 2.50. The summed E-state index contributed by atoms with van der Waals surface area (Å²) in [6, 6.07) is 0. The van der Waals surface area contributed by atoms with Gasteiger partial charge in [0.25, 0.3) is 0 Å². The highest BCUT2D eigenvalue weighted by Gasteiger charge is 2.41. The predicted octanol–water partition coefficient (Wildman–Crippen LogP) is 1.32. The van der Waals surface area contributed by atoms with Gasteiger partial charge in [0.15, 0.2) is 0 Å². The van der Waals surface area contributed by atoms with Crippen molar-refractivity contribution in [1.29, 1.82) is 0 Å². The second-order valence-electron chi connectivity index (χ2n) is 2.24. The Balaban J connectivity index is 4.39. The van der Waals surface area contributed by atoms with Crippen molar-refractivity contribution in [3.05, 3.63) is 0 Å². The molecule has 0 saturated heterocycles. The van der Waals surface area contributed by atoms with E-state index in [-0.39, 0.29) is 11.4 Å². The maximum Gasteiger partial charge on any atom is 0.493 e. The fraction of sp³-hybridized carbons (Fsp3) is 0.500. The number of oxime groups is 2. The monoisotopic (exact) mass is 212 g/mol. The molecule has 0 bridgehead atoms. The molecular formula is C6H7F3N2O3. The quantitative estimate of drug-likeness (QED) is 0.324. The number of carbonyl (C=O) groups is 1. The van der Waals surface area contributed by atoms with E-state index in [1.165, 1.54) is 13.8 Å². The van der Waals surface area contributed by atoms with E-state index >= 15 is 0 Å². The number of halogens is 3. The summed E-state index contributed by atoms with van der Waals surface area (Å²) >= 11 is 0. The Kier molecular flexibility index (Phi) is 4.06. The maximum atomic E-state index is 11.6. The molecule has 0 aromatic heterocycles. The first-order valence-electron chi connectivity index (χ1n) is 3.30. The summed E-state index contributed by atoms with van der Waals surface area (Å²) in [5.41, 5.74) is -0.190. The predicted molar refractivity (Wildman–Crippen MR) is 40.2 cm³/mol. The third-order valence-corrected chi connectivity index (χ3v) is 1.17. The number of alkyl halides is 3. The number of nitrogens with zero attached hydrogens (tertiary/aromatic N) is 2. The lowest BCUT2D eigenvalue weighted by atomic mass is 10.3. The van der Waals surface area contributed by atoms with Gasteiger partial charge in [-0.05, 0) is 13.8 Å². The minimum atomic E-state index is -5.09. The van der Waals surface area contributed by atoms with Crippen molar-refractivity contribution in [2.75, 3.05) is 0 Å². The van der Waals surface area contributed by atoms with Gasteiger partial charge in [0.1, 0.15) is 11.4 Å². The van der Waals surface area contributed by atoms with Crippen LogP contribution in [-0.2, 0) is 9.63 Å². The Hall–Kier alpha value is -1.60. The first-order valence-corrected chi connectivity index (χ1v) is 3.30. The first-order chi connectivity index (χ1) is 6.29. The highest BCUT2D eigenvalue weighted by atomic mass is 19.4. The molecule has 0 radical (unpaired) electrons. The Morgan fingerprint density at radius 1 is 1.29 bits per heavy atom. The van der Waals surface area contributed by atoms with Crippen molar-refractivity contribution in [2.24, 2.45) is 10.3 Å². The Bertz CT molecular complexity index is 283. The van der Waals surface area contributed by atoms with Crippen molar-refractivity contribution in [2.45, 2.75) is 20.0 Å². The van der Waals surface area contributed by atoms with E-state index in [0.717, 1.165) is 0 Å². The van der Waals surface area contributed by atoms with Crippen molar-refractivity contribution < 1.29 is 28.0 Å². The van der Waals surface area contributed by atoms with Gasteiger partial charge in [0, 0.05) is 0 Å². The molecule has 0 aromatic rings. The zero-order valence-electron chi connectivity index (χ0n) is 7.29. The molecule has 14 heavy (non-hydrogen) atoms. The second-order valence-corrected chi connectivity index (χ2v) is 2.24. The fourth-order valence-electron chi connectivity index (χ4n) is 0.300. The van der Waals surface area contributed by atoms with E-state index in [2.05, 4.69) is 15.1 Å². The van der Waals surface area contributed by atoms with Crippen molar-refractivity contribution >= 4 is 17.4 Å². The largest absolute Gasteiger partial charge is 0.493 e. The average Bonchev–Trinajstić information content (AvgIpc) is 2.10. The summed E-state index contributed by atoms with van der Waals surface area (Å²) in [5.74, 6) is -2.43. The molecule has 0 unspecified atom stereocenters. The lowest BCUT2D eigenvalue weighted by Crippen LogP contribution is -2.24. The summed E-state index contributed by atoms with van der Waals surface area (Å²) in [6.07, 6.45) is -5.09. The van der Waals surface area contributed by atoms with Gasteiger partial charge >= 0.3 is 12.1 Å². The van der Waals surface area contributed by atoms with Crippen molar-refractivity contribution in [3.8, 4) is 0 Å². The van der Waals surface area contributed by atoms with E-state index in [0.29, 0.717) is 0 Å². The zero-order chi connectivity index (χ0) is 11.4. The van der Waals surface area contributed by atoms with Crippen molar-refractivity contribution in [1.82, 2.24) is 0 Å². The molecule has 0 spiro atoms. The minimum Gasteiger partial charge on any atom is -0.411 e. The van der Waals surface area contributed by atoms with E-state index < -0.39 is 12.1 Å².